The molecule has 16 heavy (non-hydrogen) atoms. The van der Waals surface area contributed by atoms with Gasteiger partial charge in [-0.1, -0.05) is 13.8 Å². The van der Waals surface area contributed by atoms with Gasteiger partial charge in [0.1, 0.15) is 4.90 Å². The molecule has 0 saturated carbocycles. The minimum absolute atomic E-state index is 0.319. The van der Waals surface area contributed by atoms with Gasteiger partial charge in [0.05, 0.1) is 0 Å². The quantitative estimate of drug-likeness (QED) is 0.822. The van der Waals surface area contributed by atoms with Crippen LogP contribution in [0.2, 0.25) is 0 Å². The third-order valence-electron chi connectivity index (χ3n) is 2.64. The van der Waals surface area contributed by atoms with Crippen LogP contribution in [-0.2, 0) is 23.6 Å². The lowest BCUT2D eigenvalue weighted by molar-refractivity contribution is 0.445. The number of aryl methyl sites for hydroxylation is 1. The second-order valence-corrected chi connectivity index (χ2v) is 5.51. The number of nitrogens with two attached hydrogens (primary N) is 1. The van der Waals surface area contributed by atoms with Crippen molar-refractivity contribution in [1.82, 2.24) is 8.87 Å². The zero-order valence-corrected chi connectivity index (χ0v) is 10.8. The maximum atomic E-state index is 12.1. The van der Waals surface area contributed by atoms with Crippen molar-refractivity contribution in [3.8, 4) is 0 Å². The predicted molar refractivity (Wildman–Crippen MR) is 63.4 cm³/mol. The Labute approximate surface area is 96.9 Å². The van der Waals surface area contributed by atoms with Crippen molar-refractivity contribution >= 4 is 10.0 Å². The SMILES string of the molecule is CCN(CC)S(=O)(=O)c1cc(CN)n(C)c1. The van der Waals surface area contributed by atoms with Gasteiger partial charge in [-0.15, -0.1) is 0 Å². The average molecular weight is 245 g/mol. The maximum absolute atomic E-state index is 12.1. The summed E-state index contributed by atoms with van der Waals surface area (Å²) in [5.74, 6) is 0. The molecule has 92 valence electrons. The van der Waals surface area contributed by atoms with Crippen LogP contribution < -0.4 is 5.73 Å². The molecule has 2 N–H and O–H groups in total. The van der Waals surface area contributed by atoms with E-state index in [1.165, 1.54) is 4.31 Å². The van der Waals surface area contributed by atoms with Crippen LogP contribution in [0.3, 0.4) is 0 Å². The first-order valence-electron chi connectivity index (χ1n) is 5.32. The molecule has 0 saturated heterocycles. The zero-order chi connectivity index (χ0) is 12.3. The lowest BCUT2D eigenvalue weighted by Crippen LogP contribution is -2.30. The van der Waals surface area contributed by atoms with Crippen molar-refractivity contribution in [2.24, 2.45) is 12.8 Å². The Balaban J connectivity index is 3.16. The van der Waals surface area contributed by atoms with Crippen molar-refractivity contribution < 1.29 is 8.42 Å². The van der Waals surface area contributed by atoms with Crippen LogP contribution in [0, 0.1) is 0 Å². The summed E-state index contributed by atoms with van der Waals surface area (Å²) in [5, 5.41) is 0. The molecular formula is C10H19N3O2S. The van der Waals surface area contributed by atoms with E-state index in [-0.39, 0.29) is 0 Å². The molecule has 0 aliphatic rings. The molecule has 0 aliphatic carbocycles. The number of aromatic nitrogens is 1. The molecule has 6 heteroatoms. The number of nitrogens with zero attached hydrogens (tertiary/aromatic N) is 2. The highest BCUT2D eigenvalue weighted by molar-refractivity contribution is 7.89. The largest absolute Gasteiger partial charge is 0.352 e. The molecule has 1 heterocycles. The molecule has 0 amide bonds. The summed E-state index contributed by atoms with van der Waals surface area (Å²) in [4.78, 5) is 0.319. The van der Waals surface area contributed by atoms with Crippen molar-refractivity contribution in [2.75, 3.05) is 13.1 Å². The molecule has 0 radical (unpaired) electrons. The fourth-order valence-electron chi connectivity index (χ4n) is 1.63. The van der Waals surface area contributed by atoms with Gasteiger partial charge in [0.2, 0.25) is 10.0 Å². The van der Waals surface area contributed by atoms with E-state index in [4.69, 9.17) is 5.73 Å². The second kappa shape index (κ2) is 4.99. The topological polar surface area (TPSA) is 68.3 Å². The van der Waals surface area contributed by atoms with Gasteiger partial charge in [-0.2, -0.15) is 4.31 Å². The smallest absolute Gasteiger partial charge is 0.244 e. The van der Waals surface area contributed by atoms with Gasteiger partial charge >= 0.3 is 0 Å². The van der Waals surface area contributed by atoms with Crippen LogP contribution in [0.15, 0.2) is 17.2 Å². The van der Waals surface area contributed by atoms with Crippen LogP contribution in [0.1, 0.15) is 19.5 Å². The third kappa shape index (κ3) is 2.28. The summed E-state index contributed by atoms with van der Waals surface area (Å²) >= 11 is 0. The summed E-state index contributed by atoms with van der Waals surface area (Å²) in [7, 11) is -1.56. The van der Waals surface area contributed by atoms with Gasteiger partial charge in [0.25, 0.3) is 0 Å². The normalized spacial score (nSPS) is 12.3. The maximum Gasteiger partial charge on any atom is 0.244 e. The van der Waals surface area contributed by atoms with E-state index in [1.807, 2.05) is 13.8 Å². The van der Waals surface area contributed by atoms with Gasteiger partial charge in [-0.25, -0.2) is 8.42 Å². The van der Waals surface area contributed by atoms with Gasteiger partial charge in [0, 0.05) is 38.6 Å². The fourth-order valence-corrected chi connectivity index (χ4v) is 3.19. The molecule has 0 unspecified atom stereocenters. The Morgan fingerprint density at radius 2 is 1.94 bits per heavy atom. The Bertz CT molecular complexity index is 447. The number of hydrogen-bond donors (Lipinski definition) is 1. The highest BCUT2D eigenvalue weighted by atomic mass is 32.2. The standard InChI is InChI=1S/C10H19N3O2S/c1-4-13(5-2)16(14,15)10-6-9(7-11)12(3)8-10/h6,8H,4-5,7,11H2,1-3H3. The van der Waals surface area contributed by atoms with E-state index >= 15 is 0 Å². The Kier molecular flexibility index (Phi) is 4.12. The lowest BCUT2D eigenvalue weighted by atomic mass is 10.4. The number of rotatable bonds is 5. The van der Waals surface area contributed by atoms with Crippen LogP contribution in [0.5, 0.6) is 0 Å². The first-order chi connectivity index (χ1) is 7.47. The van der Waals surface area contributed by atoms with Gasteiger partial charge < -0.3 is 10.3 Å². The zero-order valence-electron chi connectivity index (χ0n) is 9.97. The van der Waals surface area contributed by atoms with Gasteiger partial charge in [-0.05, 0) is 6.07 Å². The first-order valence-corrected chi connectivity index (χ1v) is 6.76. The van der Waals surface area contributed by atoms with E-state index in [0.29, 0.717) is 24.5 Å². The van der Waals surface area contributed by atoms with E-state index in [2.05, 4.69) is 0 Å². The van der Waals surface area contributed by atoms with Crippen LogP contribution in [0.25, 0.3) is 0 Å². The fraction of sp³-hybridized carbons (Fsp3) is 0.600. The van der Waals surface area contributed by atoms with E-state index in [1.54, 1.807) is 23.9 Å². The second-order valence-electron chi connectivity index (χ2n) is 3.57. The van der Waals surface area contributed by atoms with E-state index < -0.39 is 10.0 Å². The molecule has 1 aromatic rings. The minimum Gasteiger partial charge on any atom is -0.352 e. The summed E-state index contributed by atoms with van der Waals surface area (Å²) in [5.41, 5.74) is 6.33. The summed E-state index contributed by atoms with van der Waals surface area (Å²) in [6, 6.07) is 1.63. The molecule has 0 fully saturated rings. The molecule has 1 aromatic heterocycles. The third-order valence-corrected chi connectivity index (χ3v) is 4.65. The summed E-state index contributed by atoms with van der Waals surface area (Å²) < 4.78 is 27.5. The molecule has 1 rings (SSSR count). The molecular weight excluding hydrogens is 226 g/mol. The Morgan fingerprint density at radius 3 is 2.31 bits per heavy atom. The van der Waals surface area contributed by atoms with Crippen molar-refractivity contribution in [1.29, 1.82) is 0 Å². The minimum atomic E-state index is -3.36. The van der Waals surface area contributed by atoms with Crippen LogP contribution in [-0.4, -0.2) is 30.4 Å². The van der Waals surface area contributed by atoms with Crippen molar-refractivity contribution in [2.45, 2.75) is 25.3 Å². The first kappa shape index (κ1) is 13.2. The van der Waals surface area contributed by atoms with Crippen LogP contribution in [0.4, 0.5) is 0 Å². The molecule has 0 bridgehead atoms. The summed E-state index contributed by atoms with van der Waals surface area (Å²) in [6.45, 7) is 4.95. The van der Waals surface area contributed by atoms with Gasteiger partial charge in [-0.3, -0.25) is 0 Å². The highest BCUT2D eigenvalue weighted by Crippen LogP contribution is 2.17. The Morgan fingerprint density at radius 1 is 1.38 bits per heavy atom. The van der Waals surface area contributed by atoms with Crippen molar-refractivity contribution in [3.63, 3.8) is 0 Å². The lowest BCUT2D eigenvalue weighted by Gasteiger charge is -2.17. The molecule has 5 nitrogen and oxygen atoms in total. The molecule has 0 aromatic carbocycles. The van der Waals surface area contributed by atoms with Gasteiger partial charge in [0.15, 0.2) is 0 Å². The Hall–Kier alpha value is -0.850. The van der Waals surface area contributed by atoms with E-state index in [9.17, 15) is 8.42 Å². The molecule has 0 aliphatic heterocycles. The van der Waals surface area contributed by atoms with Crippen molar-refractivity contribution in [3.05, 3.63) is 18.0 Å². The molecule has 0 spiro atoms. The van der Waals surface area contributed by atoms with Crippen LogP contribution >= 0.6 is 0 Å². The van der Waals surface area contributed by atoms with E-state index in [0.717, 1.165) is 5.69 Å². The monoisotopic (exact) mass is 245 g/mol. The average Bonchev–Trinajstić information content (AvgIpc) is 2.61. The number of hydrogen-bond acceptors (Lipinski definition) is 3. The highest BCUT2D eigenvalue weighted by Gasteiger charge is 2.23. The summed E-state index contributed by atoms with van der Waals surface area (Å²) in [6.07, 6.45) is 1.61. The number of sulfonamides is 1. The predicted octanol–water partition coefficient (Wildman–Crippen LogP) is 0.514. The molecule has 0 atom stereocenters.